The van der Waals surface area contributed by atoms with Crippen LogP contribution < -0.4 is 14.9 Å². The summed E-state index contributed by atoms with van der Waals surface area (Å²) < 4.78 is 30.9. The predicted octanol–water partition coefficient (Wildman–Crippen LogP) is 0.769. The lowest BCUT2D eigenvalue weighted by atomic mass is 10.1. The van der Waals surface area contributed by atoms with Gasteiger partial charge in [0.15, 0.2) is 0 Å². The zero-order valence-electron chi connectivity index (χ0n) is 14.7. The third-order valence-corrected chi connectivity index (χ3v) is 6.45. The van der Waals surface area contributed by atoms with Gasteiger partial charge in [0.05, 0.1) is 17.5 Å². The normalized spacial score (nSPS) is 21.6. The summed E-state index contributed by atoms with van der Waals surface area (Å²) in [5, 5.41) is 5.13. The van der Waals surface area contributed by atoms with Gasteiger partial charge in [-0.2, -0.15) is 0 Å². The Morgan fingerprint density at radius 2 is 2.08 bits per heavy atom. The van der Waals surface area contributed by atoms with Crippen LogP contribution in [0, 0.1) is 6.92 Å². The summed E-state index contributed by atoms with van der Waals surface area (Å²) in [6, 6.07) is 5.01. The van der Waals surface area contributed by atoms with Crippen LogP contribution in [0.5, 0.6) is 0 Å². The number of hydrogen-bond donors (Lipinski definition) is 2. The molecule has 0 radical (unpaired) electrons. The van der Waals surface area contributed by atoms with Crippen LogP contribution in [-0.4, -0.2) is 51.8 Å². The highest BCUT2D eigenvalue weighted by Gasteiger charge is 2.29. The largest absolute Gasteiger partial charge is 0.376 e. The Hall–Kier alpha value is -2.13. The average molecular weight is 381 g/mol. The van der Waals surface area contributed by atoms with E-state index in [9.17, 15) is 18.0 Å². The van der Waals surface area contributed by atoms with Crippen LogP contribution in [0.2, 0.25) is 0 Å². The molecule has 2 saturated heterocycles. The Morgan fingerprint density at radius 1 is 1.27 bits per heavy atom. The fourth-order valence-electron chi connectivity index (χ4n) is 3.10. The van der Waals surface area contributed by atoms with E-state index in [1.807, 2.05) is 0 Å². The van der Waals surface area contributed by atoms with Crippen molar-refractivity contribution in [1.29, 1.82) is 0 Å². The van der Waals surface area contributed by atoms with Crippen LogP contribution in [0.3, 0.4) is 0 Å². The third kappa shape index (κ3) is 4.16. The molecular formula is C17H23N3O5S. The van der Waals surface area contributed by atoms with Crippen molar-refractivity contribution in [2.24, 2.45) is 0 Å². The van der Waals surface area contributed by atoms with Crippen molar-refractivity contribution in [1.82, 2.24) is 5.32 Å². The first-order valence-corrected chi connectivity index (χ1v) is 10.3. The molecule has 1 aromatic rings. The number of anilines is 2. The van der Waals surface area contributed by atoms with Crippen LogP contribution in [0.15, 0.2) is 18.2 Å². The van der Waals surface area contributed by atoms with Gasteiger partial charge in [0.2, 0.25) is 10.0 Å². The Bertz CT molecular complexity index is 803. The molecule has 1 aromatic carbocycles. The van der Waals surface area contributed by atoms with Gasteiger partial charge >= 0.3 is 11.8 Å². The summed E-state index contributed by atoms with van der Waals surface area (Å²) in [5.74, 6) is -1.40. The fraction of sp³-hybridized carbons (Fsp3) is 0.529. The second kappa shape index (κ2) is 7.63. The number of hydrogen-bond acceptors (Lipinski definition) is 5. The Kier molecular flexibility index (Phi) is 5.47. The molecule has 2 heterocycles. The van der Waals surface area contributed by atoms with Gasteiger partial charge in [0.25, 0.3) is 0 Å². The van der Waals surface area contributed by atoms with Crippen molar-refractivity contribution in [2.45, 2.75) is 32.3 Å². The minimum atomic E-state index is -3.31. The number of nitrogens with one attached hydrogen (secondary N) is 2. The molecule has 0 aromatic heterocycles. The monoisotopic (exact) mass is 381 g/mol. The molecule has 2 N–H and O–H groups in total. The van der Waals surface area contributed by atoms with Crippen molar-refractivity contribution in [3.63, 3.8) is 0 Å². The molecule has 0 aliphatic carbocycles. The molecule has 2 amide bonds. The maximum atomic E-state index is 12.1. The van der Waals surface area contributed by atoms with E-state index in [1.165, 1.54) is 4.31 Å². The average Bonchev–Trinajstić information content (AvgIpc) is 3.23. The number of ether oxygens (including phenoxy) is 1. The summed E-state index contributed by atoms with van der Waals surface area (Å²) in [6.45, 7) is 3.18. The summed E-state index contributed by atoms with van der Waals surface area (Å²) in [4.78, 5) is 24.1. The molecule has 0 spiro atoms. The van der Waals surface area contributed by atoms with Crippen molar-refractivity contribution in [2.75, 3.05) is 35.1 Å². The molecule has 3 rings (SSSR count). The lowest BCUT2D eigenvalue weighted by Gasteiger charge is -2.19. The number of benzene rings is 1. The number of carbonyl (C=O) groups excluding carboxylic acids is 2. The third-order valence-electron chi connectivity index (χ3n) is 4.58. The number of sulfonamides is 1. The number of rotatable bonds is 4. The lowest BCUT2D eigenvalue weighted by molar-refractivity contribution is -0.136. The van der Waals surface area contributed by atoms with Crippen LogP contribution in [0.25, 0.3) is 0 Å². The van der Waals surface area contributed by atoms with Gasteiger partial charge in [-0.25, -0.2) is 8.42 Å². The molecule has 2 aliphatic heterocycles. The second-order valence-corrected chi connectivity index (χ2v) is 8.55. The van der Waals surface area contributed by atoms with E-state index in [4.69, 9.17) is 4.74 Å². The molecule has 2 aliphatic rings. The van der Waals surface area contributed by atoms with E-state index < -0.39 is 21.8 Å². The van der Waals surface area contributed by atoms with Gasteiger partial charge in [0.1, 0.15) is 0 Å². The molecule has 9 heteroatoms. The van der Waals surface area contributed by atoms with Crippen LogP contribution in [0.1, 0.15) is 24.8 Å². The van der Waals surface area contributed by atoms with E-state index in [0.29, 0.717) is 37.5 Å². The molecular weight excluding hydrogens is 358 g/mol. The maximum Gasteiger partial charge on any atom is 0.313 e. The van der Waals surface area contributed by atoms with Crippen LogP contribution >= 0.6 is 0 Å². The fourth-order valence-corrected chi connectivity index (χ4v) is 4.66. The zero-order valence-corrected chi connectivity index (χ0v) is 15.5. The maximum absolute atomic E-state index is 12.1. The Labute approximate surface area is 152 Å². The number of carbonyl (C=O) groups is 2. The molecule has 1 atom stereocenters. The summed E-state index contributed by atoms with van der Waals surface area (Å²) in [6.07, 6.45) is 2.35. The summed E-state index contributed by atoms with van der Waals surface area (Å²) in [5.41, 5.74) is 1.65. The van der Waals surface area contributed by atoms with Gasteiger partial charge in [-0.3, -0.25) is 13.9 Å². The first-order valence-electron chi connectivity index (χ1n) is 8.69. The lowest BCUT2D eigenvalue weighted by Crippen LogP contribution is -2.39. The van der Waals surface area contributed by atoms with E-state index in [1.54, 1.807) is 25.1 Å². The number of aryl methyl sites for hydroxylation is 1. The van der Waals surface area contributed by atoms with E-state index in [-0.39, 0.29) is 11.9 Å². The Morgan fingerprint density at radius 3 is 2.73 bits per heavy atom. The van der Waals surface area contributed by atoms with E-state index in [2.05, 4.69) is 10.6 Å². The molecule has 0 unspecified atom stereocenters. The molecule has 8 nitrogen and oxygen atoms in total. The van der Waals surface area contributed by atoms with E-state index in [0.717, 1.165) is 18.4 Å². The summed E-state index contributed by atoms with van der Waals surface area (Å²) >= 11 is 0. The SMILES string of the molecule is Cc1ccc(N2CCCS2(=O)=O)cc1NC(=O)C(=O)NC[C@H]1CCCO1. The van der Waals surface area contributed by atoms with Crippen LogP contribution in [-0.2, 0) is 24.3 Å². The Balaban J connectivity index is 1.65. The molecule has 2 fully saturated rings. The van der Waals surface area contributed by atoms with Crippen molar-refractivity contribution in [3.05, 3.63) is 23.8 Å². The first kappa shape index (κ1) is 18.7. The number of amides is 2. The van der Waals surface area contributed by atoms with Crippen LogP contribution in [0.4, 0.5) is 11.4 Å². The van der Waals surface area contributed by atoms with Gasteiger partial charge in [-0.05, 0) is 43.9 Å². The molecule has 142 valence electrons. The topological polar surface area (TPSA) is 105 Å². The highest BCUT2D eigenvalue weighted by molar-refractivity contribution is 7.93. The quantitative estimate of drug-likeness (QED) is 0.750. The molecule has 26 heavy (non-hydrogen) atoms. The van der Waals surface area contributed by atoms with Gasteiger partial charge in [-0.1, -0.05) is 6.07 Å². The molecule has 0 bridgehead atoms. The zero-order chi connectivity index (χ0) is 18.7. The highest BCUT2D eigenvalue weighted by atomic mass is 32.2. The van der Waals surface area contributed by atoms with Crippen molar-refractivity contribution >= 4 is 33.2 Å². The van der Waals surface area contributed by atoms with E-state index >= 15 is 0 Å². The summed E-state index contributed by atoms with van der Waals surface area (Å²) in [7, 11) is -3.31. The first-order chi connectivity index (χ1) is 12.4. The highest BCUT2D eigenvalue weighted by Crippen LogP contribution is 2.28. The minimum Gasteiger partial charge on any atom is -0.376 e. The standard InChI is InChI=1S/C17H23N3O5S/c1-12-5-6-13(20-7-3-9-26(20,23)24)10-15(12)19-17(22)16(21)18-11-14-4-2-8-25-14/h5-6,10,14H,2-4,7-9,11H2,1H3,(H,18,21)(H,19,22)/t14-/m1/s1. The minimum absolute atomic E-state index is 0.0443. The van der Waals surface area contributed by atoms with Crippen molar-refractivity contribution < 1.29 is 22.7 Å². The second-order valence-electron chi connectivity index (χ2n) is 6.54. The van der Waals surface area contributed by atoms with Gasteiger partial charge < -0.3 is 15.4 Å². The van der Waals surface area contributed by atoms with Crippen molar-refractivity contribution in [3.8, 4) is 0 Å². The van der Waals surface area contributed by atoms with Gasteiger partial charge in [-0.15, -0.1) is 0 Å². The molecule has 0 saturated carbocycles. The van der Waals surface area contributed by atoms with Gasteiger partial charge in [0, 0.05) is 25.4 Å². The predicted molar refractivity (Wildman–Crippen MR) is 97.5 cm³/mol. The number of nitrogens with zero attached hydrogens (tertiary/aromatic N) is 1. The smallest absolute Gasteiger partial charge is 0.313 e.